The molecule has 0 radical (unpaired) electrons. The second-order valence-corrected chi connectivity index (χ2v) is 7.62. The number of carbonyl (C=O) groups excluding carboxylic acids is 1. The van der Waals surface area contributed by atoms with Gasteiger partial charge in [-0.15, -0.1) is 0 Å². The van der Waals surface area contributed by atoms with Crippen LogP contribution in [0.5, 0.6) is 0 Å². The molecule has 3 N–H and O–H groups in total. The van der Waals surface area contributed by atoms with Gasteiger partial charge in [-0.3, -0.25) is 4.79 Å². The van der Waals surface area contributed by atoms with Crippen LogP contribution in [0.4, 0.5) is 8.78 Å². The van der Waals surface area contributed by atoms with Crippen molar-refractivity contribution in [3.8, 4) is 0 Å². The van der Waals surface area contributed by atoms with Crippen LogP contribution in [0.1, 0.15) is 36.5 Å². The maximum atomic E-state index is 14.2. The molecule has 116 valence electrons. The van der Waals surface area contributed by atoms with Crippen molar-refractivity contribution in [2.24, 2.45) is 5.14 Å². The Bertz CT molecular complexity index is 718. The summed E-state index contributed by atoms with van der Waals surface area (Å²) in [6.45, 7) is 1.75. The number of hydrogen-bond donors (Lipinski definition) is 2. The van der Waals surface area contributed by atoms with Crippen molar-refractivity contribution < 1.29 is 22.0 Å². The Morgan fingerprint density at radius 2 is 2.00 bits per heavy atom. The molecule has 2 rings (SSSR count). The highest BCUT2D eigenvalue weighted by Gasteiger charge is 2.36. The number of halogens is 3. The molecule has 0 heterocycles. The molecule has 1 aromatic rings. The summed E-state index contributed by atoms with van der Waals surface area (Å²) in [7, 11) is -4.44. The Morgan fingerprint density at radius 3 is 2.43 bits per heavy atom. The average molecular weight is 383 g/mol. The van der Waals surface area contributed by atoms with Crippen molar-refractivity contribution in [3.63, 3.8) is 0 Å². The fourth-order valence-corrected chi connectivity index (χ4v) is 3.94. The van der Waals surface area contributed by atoms with Crippen LogP contribution in [0.2, 0.25) is 0 Å². The quantitative estimate of drug-likeness (QED) is 0.837. The summed E-state index contributed by atoms with van der Waals surface area (Å²) >= 11 is 2.73. The fourth-order valence-electron chi connectivity index (χ4n) is 2.21. The van der Waals surface area contributed by atoms with Gasteiger partial charge in [0.25, 0.3) is 5.91 Å². The number of rotatable bonds is 3. The predicted octanol–water partition coefficient (Wildman–Crippen LogP) is 2.05. The summed E-state index contributed by atoms with van der Waals surface area (Å²) in [6, 6.07) is 0.709. The van der Waals surface area contributed by atoms with Gasteiger partial charge in [0.15, 0.2) is 5.82 Å². The van der Waals surface area contributed by atoms with Gasteiger partial charge in [-0.2, -0.15) is 0 Å². The highest BCUT2D eigenvalue weighted by molar-refractivity contribution is 9.10. The zero-order valence-electron chi connectivity index (χ0n) is 11.0. The minimum absolute atomic E-state index is 0.369. The van der Waals surface area contributed by atoms with Crippen LogP contribution in [0.25, 0.3) is 0 Å². The molecule has 1 aromatic carbocycles. The first-order valence-electron chi connectivity index (χ1n) is 6.08. The molecule has 5 nitrogen and oxygen atoms in total. The summed E-state index contributed by atoms with van der Waals surface area (Å²) < 4.78 is 50.5. The van der Waals surface area contributed by atoms with E-state index in [0.29, 0.717) is 18.9 Å². The molecule has 1 aliphatic carbocycles. The molecule has 0 aliphatic heterocycles. The van der Waals surface area contributed by atoms with E-state index >= 15 is 0 Å². The van der Waals surface area contributed by atoms with Gasteiger partial charge >= 0.3 is 0 Å². The topological polar surface area (TPSA) is 89.3 Å². The largest absolute Gasteiger partial charge is 0.347 e. The van der Waals surface area contributed by atoms with Crippen molar-refractivity contribution in [1.29, 1.82) is 0 Å². The van der Waals surface area contributed by atoms with Crippen molar-refractivity contribution in [3.05, 3.63) is 27.7 Å². The van der Waals surface area contributed by atoms with Gasteiger partial charge in [-0.05, 0) is 48.2 Å². The number of benzene rings is 1. The standard InChI is InChI=1S/C12H13BrF2N2O3S/c1-12(3-2-4-12)17-11(18)8-7(14)5-6(13)10(9(8)15)21(16,19)20/h5H,2-4H2,1H3,(H,17,18)(H2,16,19,20). The molecule has 0 spiro atoms. The molecule has 1 aliphatic rings. The SMILES string of the molecule is CC1(NC(=O)c2c(F)cc(Br)c(S(N)(=O)=O)c2F)CCC1. The van der Waals surface area contributed by atoms with Crippen LogP contribution in [0, 0.1) is 11.6 Å². The average Bonchev–Trinajstić information content (AvgIpc) is 2.23. The van der Waals surface area contributed by atoms with Crippen molar-refractivity contribution >= 4 is 31.9 Å². The van der Waals surface area contributed by atoms with Crippen LogP contribution in [0.3, 0.4) is 0 Å². The molecule has 1 fully saturated rings. The normalized spacial score (nSPS) is 17.2. The molecule has 1 amide bonds. The smallest absolute Gasteiger partial charge is 0.257 e. The third-order valence-electron chi connectivity index (χ3n) is 3.51. The number of amides is 1. The molecule has 0 bridgehead atoms. The molecule has 0 aromatic heterocycles. The third-order valence-corrected chi connectivity index (χ3v) is 5.37. The summed E-state index contributed by atoms with van der Waals surface area (Å²) in [5.74, 6) is -3.65. The molecule has 1 saturated carbocycles. The lowest BCUT2D eigenvalue weighted by molar-refractivity contribution is 0.0841. The number of hydrogen-bond acceptors (Lipinski definition) is 3. The predicted molar refractivity (Wildman–Crippen MR) is 75.2 cm³/mol. The van der Waals surface area contributed by atoms with E-state index in [1.165, 1.54) is 0 Å². The van der Waals surface area contributed by atoms with Gasteiger partial charge in [0.05, 0.1) is 0 Å². The lowest BCUT2D eigenvalue weighted by Gasteiger charge is -2.39. The molecule has 9 heteroatoms. The van der Waals surface area contributed by atoms with Gasteiger partial charge in [-0.1, -0.05) is 0 Å². The van der Waals surface area contributed by atoms with Gasteiger partial charge in [0.2, 0.25) is 10.0 Å². The van der Waals surface area contributed by atoms with Crippen molar-refractivity contribution in [2.75, 3.05) is 0 Å². The first-order chi connectivity index (χ1) is 9.55. The minimum Gasteiger partial charge on any atom is -0.347 e. The van der Waals surface area contributed by atoms with Crippen LogP contribution >= 0.6 is 15.9 Å². The summed E-state index contributed by atoms with van der Waals surface area (Å²) in [4.78, 5) is 11.1. The maximum absolute atomic E-state index is 14.2. The van der Waals surface area contributed by atoms with E-state index in [9.17, 15) is 22.0 Å². The Labute approximate surface area is 129 Å². The third kappa shape index (κ3) is 3.09. The number of sulfonamides is 1. The number of carbonyl (C=O) groups is 1. The Kier molecular flexibility index (Phi) is 4.11. The second kappa shape index (κ2) is 5.29. The lowest BCUT2D eigenvalue weighted by atomic mass is 9.78. The minimum atomic E-state index is -4.44. The molecule has 0 unspecified atom stereocenters. The zero-order valence-corrected chi connectivity index (χ0v) is 13.4. The van der Waals surface area contributed by atoms with Gasteiger partial charge < -0.3 is 5.32 Å². The highest BCUT2D eigenvalue weighted by Crippen LogP contribution is 2.33. The van der Waals surface area contributed by atoms with Crippen molar-refractivity contribution in [2.45, 2.75) is 36.6 Å². The van der Waals surface area contributed by atoms with Crippen LogP contribution in [-0.4, -0.2) is 19.9 Å². The zero-order chi connectivity index (χ0) is 16.0. The van der Waals surface area contributed by atoms with Crippen LogP contribution in [-0.2, 0) is 10.0 Å². The van der Waals surface area contributed by atoms with E-state index in [4.69, 9.17) is 5.14 Å². The fraction of sp³-hybridized carbons (Fsp3) is 0.417. The molecular weight excluding hydrogens is 370 g/mol. The number of primary sulfonamides is 1. The molecular formula is C12H13BrF2N2O3S. The number of nitrogens with one attached hydrogen (secondary N) is 1. The molecule has 0 saturated heterocycles. The Hall–Kier alpha value is -1.06. The van der Waals surface area contributed by atoms with Gasteiger partial charge in [-0.25, -0.2) is 22.3 Å². The maximum Gasteiger partial charge on any atom is 0.257 e. The first-order valence-corrected chi connectivity index (χ1v) is 8.42. The highest BCUT2D eigenvalue weighted by atomic mass is 79.9. The summed E-state index contributed by atoms with van der Waals surface area (Å²) in [6.07, 6.45) is 2.30. The molecule has 21 heavy (non-hydrogen) atoms. The monoisotopic (exact) mass is 382 g/mol. The Balaban J connectivity index is 2.51. The lowest BCUT2D eigenvalue weighted by Crippen LogP contribution is -2.51. The van der Waals surface area contributed by atoms with Gasteiger partial charge in [0, 0.05) is 10.0 Å². The first kappa shape index (κ1) is 16.3. The van der Waals surface area contributed by atoms with E-state index in [0.717, 1.165) is 6.42 Å². The van der Waals surface area contributed by atoms with Gasteiger partial charge in [0.1, 0.15) is 16.3 Å². The second-order valence-electron chi connectivity index (χ2n) is 5.27. The van der Waals surface area contributed by atoms with E-state index in [-0.39, 0.29) is 4.47 Å². The van der Waals surface area contributed by atoms with Crippen LogP contribution < -0.4 is 10.5 Å². The van der Waals surface area contributed by atoms with E-state index in [1.807, 2.05) is 0 Å². The van der Waals surface area contributed by atoms with Crippen LogP contribution in [0.15, 0.2) is 15.4 Å². The van der Waals surface area contributed by atoms with E-state index in [1.54, 1.807) is 6.92 Å². The van der Waals surface area contributed by atoms with E-state index < -0.39 is 43.6 Å². The summed E-state index contributed by atoms with van der Waals surface area (Å²) in [5, 5.41) is 7.41. The molecule has 0 atom stereocenters. The Morgan fingerprint density at radius 1 is 1.43 bits per heavy atom. The van der Waals surface area contributed by atoms with Crippen molar-refractivity contribution in [1.82, 2.24) is 5.32 Å². The summed E-state index contributed by atoms with van der Waals surface area (Å²) in [5.41, 5.74) is -1.47. The number of nitrogens with two attached hydrogens (primary N) is 1. The van der Waals surface area contributed by atoms with E-state index in [2.05, 4.69) is 21.2 Å².